The summed E-state index contributed by atoms with van der Waals surface area (Å²) < 4.78 is 0. The molecule has 0 radical (unpaired) electrons. The smallest absolute Gasteiger partial charge is 0.153 e. The molecule has 3 N–H and O–H groups in total. The van der Waals surface area contributed by atoms with Crippen LogP contribution < -0.4 is 16.2 Å². The molecule has 1 unspecified atom stereocenters. The number of nitrogens with zero attached hydrogens (tertiary/aromatic N) is 6. The molecular formula is C21H26N8. The zero-order chi connectivity index (χ0) is 20.2. The van der Waals surface area contributed by atoms with Gasteiger partial charge in [-0.1, -0.05) is 17.9 Å². The molecule has 0 amide bonds. The minimum atomic E-state index is 0.527. The minimum Gasteiger partial charge on any atom is -0.345 e. The van der Waals surface area contributed by atoms with Crippen molar-refractivity contribution < 1.29 is 0 Å². The number of hydrazine groups is 1. The molecule has 8 heteroatoms. The molecule has 2 aromatic rings. The second-order valence-electron chi connectivity index (χ2n) is 7.45. The topological polar surface area (TPSA) is 94.5 Å². The number of allylic oxidation sites excluding steroid dienone is 1. The van der Waals surface area contributed by atoms with Gasteiger partial charge in [0.05, 0.1) is 13.1 Å². The monoisotopic (exact) mass is 390 g/mol. The van der Waals surface area contributed by atoms with Crippen molar-refractivity contribution in [2.45, 2.75) is 13.3 Å². The highest BCUT2D eigenvalue weighted by Gasteiger charge is 2.29. The number of hydrogen-bond donors (Lipinski definition) is 2. The summed E-state index contributed by atoms with van der Waals surface area (Å²) in [7, 11) is 0. The second kappa shape index (κ2) is 8.40. The summed E-state index contributed by atoms with van der Waals surface area (Å²) in [6.07, 6.45) is 4.23. The predicted molar refractivity (Wildman–Crippen MR) is 116 cm³/mol. The zero-order valence-electron chi connectivity index (χ0n) is 16.6. The van der Waals surface area contributed by atoms with Crippen molar-refractivity contribution in [1.29, 1.82) is 0 Å². The molecule has 2 aliphatic heterocycles. The highest BCUT2D eigenvalue weighted by atomic mass is 15.6. The molecule has 8 nitrogen and oxygen atoms in total. The molecule has 1 aromatic carbocycles. The van der Waals surface area contributed by atoms with Gasteiger partial charge in [-0.2, -0.15) is 5.11 Å². The van der Waals surface area contributed by atoms with E-state index in [1.54, 1.807) is 0 Å². The van der Waals surface area contributed by atoms with Gasteiger partial charge in [0.25, 0.3) is 0 Å². The third-order valence-corrected chi connectivity index (χ3v) is 5.30. The lowest BCUT2D eigenvalue weighted by atomic mass is 10.0. The van der Waals surface area contributed by atoms with E-state index < -0.39 is 0 Å². The molecule has 0 spiro atoms. The van der Waals surface area contributed by atoms with E-state index in [1.165, 1.54) is 23.3 Å². The van der Waals surface area contributed by atoms with E-state index in [0.29, 0.717) is 11.7 Å². The van der Waals surface area contributed by atoms with Gasteiger partial charge in [0, 0.05) is 42.2 Å². The maximum atomic E-state index is 5.19. The standard InChI is InChI=1S/C21H26N8/c1-15-9-18(19-4-6-21(23-11-19)24-14-25-22)3-5-20(15)29-13-17(10-16(29)2)12-28-8-7-26-27-28/h3-6,9,11,14,17H,2,7-8,10,12-13,22H2,1H3,(H,23,24,25). The summed E-state index contributed by atoms with van der Waals surface area (Å²) in [4.78, 5) is 10.8. The average Bonchev–Trinajstić information content (AvgIpc) is 3.36. The number of aryl methyl sites for hydroxylation is 1. The Morgan fingerprint density at radius 2 is 2.17 bits per heavy atom. The maximum Gasteiger partial charge on any atom is 0.153 e. The quantitative estimate of drug-likeness (QED) is 0.342. The van der Waals surface area contributed by atoms with Crippen LogP contribution in [-0.2, 0) is 0 Å². The Kier molecular flexibility index (Phi) is 5.53. The number of benzene rings is 1. The summed E-state index contributed by atoms with van der Waals surface area (Å²) >= 11 is 0. The van der Waals surface area contributed by atoms with E-state index in [-0.39, 0.29) is 0 Å². The molecule has 1 atom stereocenters. The fourth-order valence-corrected chi connectivity index (χ4v) is 3.93. The molecule has 150 valence electrons. The molecule has 1 aromatic heterocycles. The van der Waals surface area contributed by atoms with E-state index in [4.69, 9.17) is 5.84 Å². The number of hydrogen-bond acceptors (Lipinski definition) is 7. The first kappa shape index (κ1) is 19.1. The number of nitrogens with two attached hydrogens (primary N) is 1. The second-order valence-corrected chi connectivity index (χ2v) is 7.45. The number of anilines is 1. The Morgan fingerprint density at radius 3 is 2.86 bits per heavy atom. The van der Waals surface area contributed by atoms with E-state index >= 15 is 0 Å². The van der Waals surface area contributed by atoms with Crippen molar-refractivity contribution in [3.8, 4) is 11.1 Å². The lowest BCUT2D eigenvalue weighted by Gasteiger charge is -2.23. The Bertz CT molecular complexity index is 934. The van der Waals surface area contributed by atoms with Crippen LogP contribution in [0.5, 0.6) is 0 Å². The summed E-state index contributed by atoms with van der Waals surface area (Å²) in [6, 6.07) is 10.4. The van der Waals surface area contributed by atoms with Gasteiger partial charge < -0.3 is 10.3 Å². The van der Waals surface area contributed by atoms with Crippen molar-refractivity contribution in [3.05, 3.63) is 54.4 Å². The van der Waals surface area contributed by atoms with E-state index in [0.717, 1.165) is 43.7 Å². The minimum absolute atomic E-state index is 0.527. The highest BCUT2D eigenvalue weighted by molar-refractivity contribution is 5.70. The van der Waals surface area contributed by atoms with Gasteiger partial charge in [-0.25, -0.2) is 15.8 Å². The number of pyridine rings is 1. The van der Waals surface area contributed by atoms with E-state index in [1.807, 2.05) is 18.3 Å². The van der Waals surface area contributed by atoms with Crippen LogP contribution in [0, 0.1) is 12.8 Å². The Hall–Kier alpha value is -3.26. The van der Waals surface area contributed by atoms with Crippen LogP contribution >= 0.6 is 0 Å². The van der Waals surface area contributed by atoms with Crippen molar-refractivity contribution >= 4 is 17.8 Å². The van der Waals surface area contributed by atoms with E-state index in [9.17, 15) is 0 Å². The van der Waals surface area contributed by atoms with Gasteiger partial charge in [-0.3, -0.25) is 5.01 Å². The van der Waals surface area contributed by atoms with Crippen LogP contribution in [0.1, 0.15) is 12.0 Å². The molecular weight excluding hydrogens is 364 g/mol. The van der Waals surface area contributed by atoms with Crippen molar-refractivity contribution in [2.75, 3.05) is 31.1 Å². The molecule has 0 bridgehead atoms. The highest BCUT2D eigenvalue weighted by Crippen LogP contribution is 2.35. The van der Waals surface area contributed by atoms with Gasteiger partial charge in [-0.15, -0.1) is 0 Å². The summed E-state index contributed by atoms with van der Waals surface area (Å²) in [5.41, 5.74) is 8.16. The van der Waals surface area contributed by atoms with E-state index in [2.05, 4.69) is 67.4 Å². The van der Waals surface area contributed by atoms with Crippen LogP contribution in [-0.4, -0.2) is 42.5 Å². The van der Waals surface area contributed by atoms with Crippen LogP contribution in [0.2, 0.25) is 0 Å². The molecule has 29 heavy (non-hydrogen) atoms. The molecule has 1 saturated heterocycles. The SMILES string of the molecule is C=C1CC(CN2CCN=N2)CN1c1ccc(-c2ccc(N=CNN)nc2)cc1C. The number of aliphatic imine (C=N–C) groups is 1. The molecule has 2 aliphatic rings. The molecule has 0 saturated carbocycles. The Labute approximate surface area is 170 Å². The summed E-state index contributed by atoms with van der Waals surface area (Å²) in [5, 5.41) is 10.3. The Balaban J connectivity index is 1.47. The number of rotatable bonds is 6. The van der Waals surface area contributed by atoms with Crippen LogP contribution in [0.4, 0.5) is 11.5 Å². The fourth-order valence-electron chi connectivity index (χ4n) is 3.93. The van der Waals surface area contributed by atoms with Crippen LogP contribution in [0.15, 0.2) is 64.1 Å². The van der Waals surface area contributed by atoms with Crippen LogP contribution in [0.3, 0.4) is 0 Å². The number of nitrogens with one attached hydrogen (secondary N) is 1. The summed E-state index contributed by atoms with van der Waals surface area (Å²) in [5.74, 6) is 6.33. The third kappa shape index (κ3) is 4.27. The van der Waals surface area contributed by atoms with Gasteiger partial charge in [0.2, 0.25) is 0 Å². The van der Waals surface area contributed by atoms with Crippen molar-refractivity contribution in [3.63, 3.8) is 0 Å². The first-order chi connectivity index (χ1) is 14.1. The Morgan fingerprint density at radius 1 is 1.31 bits per heavy atom. The molecule has 3 heterocycles. The van der Waals surface area contributed by atoms with Gasteiger partial charge in [0.1, 0.15) is 6.34 Å². The fraction of sp³-hybridized carbons (Fsp3) is 0.333. The molecule has 4 rings (SSSR count). The predicted octanol–water partition coefficient (Wildman–Crippen LogP) is 3.20. The van der Waals surface area contributed by atoms with Crippen LogP contribution in [0.25, 0.3) is 11.1 Å². The third-order valence-electron chi connectivity index (χ3n) is 5.30. The lowest BCUT2D eigenvalue weighted by molar-refractivity contribution is 0.274. The average molecular weight is 390 g/mol. The largest absolute Gasteiger partial charge is 0.345 e. The molecule has 0 aliphatic carbocycles. The first-order valence-corrected chi connectivity index (χ1v) is 9.77. The normalized spacial score (nSPS) is 19.0. The van der Waals surface area contributed by atoms with Gasteiger partial charge in [-0.05, 0) is 48.7 Å². The number of aromatic nitrogens is 1. The zero-order valence-corrected chi connectivity index (χ0v) is 16.6. The van der Waals surface area contributed by atoms with Crippen molar-refractivity contribution in [2.24, 2.45) is 27.1 Å². The lowest BCUT2D eigenvalue weighted by Crippen LogP contribution is -2.27. The van der Waals surface area contributed by atoms with Gasteiger partial charge >= 0.3 is 0 Å². The van der Waals surface area contributed by atoms with Gasteiger partial charge in [0.15, 0.2) is 5.82 Å². The first-order valence-electron chi connectivity index (χ1n) is 9.77. The van der Waals surface area contributed by atoms with Crippen molar-refractivity contribution in [1.82, 2.24) is 15.4 Å². The molecule has 1 fully saturated rings. The maximum absolute atomic E-state index is 5.19. The summed E-state index contributed by atoms with van der Waals surface area (Å²) in [6.45, 7) is 10.1.